The van der Waals surface area contributed by atoms with Crippen LogP contribution < -0.4 is 0 Å². The van der Waals surface area contributed by atoms with Crippen molar-refractivity contribution in [3.63, 3.8) is 0 Å². The molecule has 3 rings (SSSR count). The number of fused-ring (bicyclic) bond motifs is 1. The van der Waals surface area contributed by atoms with Crippen molar-refractivity contribution in [3.05, 3.63) is 34.7 Å². The maximum Gasteiger partial charge on any atom is 0.151 e. The van der Waals surface area contributed by atoms with Crippen LogP contribution in [0.25, 0.3) is 10.1 Å². The third kappa shape index (κ3) is 1.79. The first kappa shape index (κ1) is 11.9. The van der Waals surface area contributed by atoms with E-state index in [1.165, 1.54) is 41.7 Å². The van der Waals surface area contributed by atoms with E-state index in [1.54, 1.807) is 0 Å². The highest BCUT2D eigenvalue weighted by atomic mass is 32.1. The Morgan fingerprint density at radius 1 is 1.17 bits per heavy atom. The molecule has 0 unspecified atom stereocenters. The number of hydrogen-bond acceptors (Lipinski definition) is 2. The SMILES string of the molecule is CC1(c2sc3ccccc3c2C=O)CCCCC1. The molecule has 1 aliphatic carbocycles. The third-order valence-electron chi connectivity index (χ3n) is 4.26. The van der Waals surface area contributed by atoms with Crippen molar-refractivity contribution in [1.29, 1.82) is 0 Å². The molecule has 0 atom stereocenters. The zero-order chi connectivity index (χ0) is 12.6. The molecule has 1 nitrogen and oxygen atoms in total. The highest BCUT2D eigenvalue weighted by Gasteiger charge is 2.33. The van der Waals surface area contributed by atoms with Crippen molar-refractivity contribution in [1.82, 2.24) is 0 Å². The lowest BCUT2D eigenvalue weighted by Crippen LogP contribution is -2.24. The fraction of sp³-hybridized carbons (Fsp3) is 0.438. The van der Waals surface area contributed by atoms with Gasteiger partial charge in [0.25, 0.3) is 0 Å². The van der Waals surface area contributed by atoms with Gasteiger partial charge in [-0.05, 0) is 18.9 Å². The van der Waals surface area contributed by atoms with Crippen molar-refractivity contribution in [2.75, 3.05) is 0 Å². The van der Waals surface area contributed by atoms with Gasteiger partial charge in [0.2, 0.25) is 0 Å². The van der Waals surface area contributed by atoms with Crippen molar-refractivity contribution < 1.29 is 4.79 Å². The molecule has 1 aromatic carbocycles. The smallest absolute Gasteiger partial charge is 0.151 e. The van der Waals surface area contributed by atoms with Crippen LogP contribution in [0.15, 0.2) is 24.3 Å². The van der Waals surface area contributed by atoms with E-state index < -0.39 is 0 Å². The Morgan fingerprint density at radius 2 is 1.89 bits per heavy atom. The first-order chi connectivity index (χ1) is 8.74. The van der Waals surface area contributed by atoms with Gasteiger partial charge < -0.3 is 0 Å². The topological polar surface area (TPSA) is 17.1 Å². The Kier molecular flexibility index (Phi) is 2.98. The molecule has 0 radical (unpaired) electrons. The lowest BCUT2D eigenvalue weighted by atomic mass is 9.73. The van der Waals surface area contributed by atoms with Crippen molar-refractivity contribution in [2.24, 2.45) is 0 Å². The van der Waals surface area contributed by atoms with Gasteiger partial charge in [-0.25, -0.2) is 0 Å². The van der Waals surface area contributed by atoms with E-state index in [0.717, 1.165) is 17.2 Å². The molecule has 0 spiro atoms. The average Bonchev–Trinajstić information content (AvgIpc) is 2.79. The fourth-order valence-corrected chi connectivity index (χ4v) is 4.56. The fourth-order valence-electron chi connectivity index (χ4n) is 3.19. The summed E-state index contributed by atoms with van der Waals surface area (Å²) >= 11 is 1.82. The Balaban J connectivity index is 2.18. The van der Waals surface area contributed by atoms with E-state index in [0.29, 0.717) is 0 Å². The van der Waals surface area contributed by atoms with Gasteiger partial charge in [-0.2, -0.15) is 0 Å². The molecule has 94 valence electrons. The molecule has 1 fully saturated rings. The Hall–Kier alpha value is -1.15. The van der Waals surface area contributed by atoms with Crippen LogP contribution in [0.1, 0.15) is 54.3 Å². The molecular formula is C16H18OS. The van der Waals surface area contributed by atoms with Gasteiger partial charge in [-0.15, -0.1) is 11.3 Å². The van der Waals surface area contributed by atoms with Crippen molar-refractivity contribution in [3.8, 4) is 0 Å². The number of aldehydes is 1. The van der Waals surface area contributed by atoms with Crippen LogP contribution in [0.2, 0.25) is 0 Å². The molecule has 1 saturated carbocycles. The predicted molar refractivity (Wildman–Crippen MR) is 77.6 cm³/mol. The molecule has 0 aliphatic heterocycles. The molecule has 0 N–H and O–H groups in total. The van der Waals surface area contributed by atoms with Crippen LogP contribution in [0, 0.1) is 0 Å². The lowest BCUT2D eigenvalue weighted by Gasteiger charge is -2.33. The summed E-state index contributed by atoms with van der Waals surface area (Å²) in [5.74, 6) is 0. The van der Waals surface area contributed by atoms with Crippen molar-refractivity contribution >= 4 is 27.7 Å². The summed E-state index contributed by atoms with van der Waals surface area (Å²) in [4.78, 5) is 12.8. The minimum absolute atomic E-state index is 0.220. The van der Waals surface area contributed by atoms with E-state index in [9.17, 15) is 4.79 Å². The third-order valence-corrected chi connectivity index (χ3v) is 5.75. The summed E-state index contributed by atoms with van der Waals surface area (Å²) in [5.41, 5.74) is 1.16. The molecule has 1 aromatic heterocycles. The van der Waals surface area contributed by atoms with Gasteiger partial charge in [0.05, 0.1) is 0 Å². The van der Waals surface area contributed by atoms with Gasteiger partial charge in [-0.3, -0.25) is 4.79 Å². The first-order valence-corrected chi connectivity index (χ1v) is 7.53. The van der Waals surface area contributed by atoms with Gasteiger partial charge in [0.1, 0.15) is 0 Å². The summed E-state index contributed by atoms with van der Waals surface area (Å²) in [5, 5.41) is 1.14. The Labute approximate surface area is 112 Å². The Morgan fingerprint density at radius 3 is 2.61 bits per heavy atom. The van der Waals surface area contributed by atoms with Crippen LogP contribution in [-0.2, 0) is 5.41 Å². The van der Waals surface area contributed by atoms with Crippen LogP contribution in [0.5, 0.6) is 0 Å². The molecule has 1 heterocycles. The van der Waals surface area contributed by atoms with Crippen LogP contribution in [0.3, 0.4) is 0 Å². The molecule has 0 amide bonds. The van der Waals surface area contributed by atoms with E-state index in [1.807, 2.05) is 17.4 Å². The molecule has 0 bridgehead atoms. The number of carbonyl (C=O) groups excluding carboxylic acids is 1. The quantitative estimate of drug-likeness (QED) is 0.698. The predicted octanol–water partition coefficient (Wildman–Crippen LogP) is 4.94. The first-order valence-electron chi connectivity index (χ1n) is 6.72. The van der Waals surface area contributed by atoms with Crippen LogP contribution in [0.4, 0.5) is 0 Å². The number of hydrogen-bond donors (Lipinski definition) is 0. The second kappa shape index (κ2) is 4.51. The van der Waals surface area contributed by atoms with Gasteiger partial charge in [0.15, 0.2) is 6.29 Å². The van der Waals surface area contributed by atoms with E-state index in [4.69, 9.17) is 0 Å². The maximum absolute atomic E-state index is 11.5. The van der Waals surface area contributed by atoms with Crippen molar-refractivity contribution in [2.45, 2.75) is 44.4 Å². The Bertz CT molecular complexity index is 576. The minimum Gasteiger partial charge on any atom is -0.298 e. The summed E-state index contributed by atoms with van der Waals surface area (Å²) in [6.45, 7) is 2.34. The maximum atomic E-state index is 11.5. The molecule has 0 saturated heterocycles. The van der Waals surface area contributed by atoms with E-state index >= 15 is 0 Å². The number of rotatable bonds is 2. The average molecular weight is 258 g/mol. The van der Waals surface area contributed by atoms with Crippen LogP contribution in [-0.4, -0.2) is 6.29 Å². The van der Waals surface area contributed by atoms with Gasteiger partial charge in [0, 0.05) is 25.9 Å². The van der Waals surface area contributed by atoms with Gasteiger partial charge in [-0.1, -0.05) is 44.4 Å². The zero-order valence-electron chi connectivity index (χ0n) is 10.7. The van der Waals surface area contributed by atoms with E-state index in [-0.39, 0.29) is 5.41 Å². The molecule has 2 aromatic rings. The van der Waals surface area contributed by atoms with Crippen LogP contribution >= 0.6 is 11.3 Å². The van der Waals surface area contributed by atoms with E-state index in [2.05, 4.69) is 25.1 Å². The summed E-state index contributed by atoms with van der Waals surface area (Å²) in [6, 6.07) is 8.28. The second-order valence-electron chi connectivity index (χ2n) is 5.58. The number of benzene rings is 1. The molecule has 1 aliphatic rings. The number of thiophene rings is 1. The molecule has 18 heavy (non-hydrogen) atoms. The molecular weight excluding hydrogens is 240 g/mol. The summed E-state index contributed by atoms with van der Waals surface area (Å²) < 4.78 is 1.25. The largest absolute Gasteiger partial charge is 0.298 e. The monoisotopic (exact) mass is 258 g/mol. The lowest BCUT2D eigenvalue weighted by molar-refractivity contribution is 0.112. The van der Waals surface area contributed by atoms with Gasteiger partial charge >= 0.3 is 0 Å². The highest BCUT2D eigenvalue weighted by Crippen LogP contribution is 2.45. The normalized spacial score (nSPS) is 18.9. The zero-order valence-corrected chi connectivity index (χ0v) is 11.6. The second-order valence-corrected chi connectivity index (χ2v) is 6.63. The standard InChI is InChI=1S/C16H18OS/c1-16(9-5-2-6-10-16)15-13(11-17)12-7-3-4-8-14(12)18-15/h3-4,7-8,11H,2,5-6,9-10H2,1H3. The highest BCUT2D eigenvalue weighted by molar-refractivity contribution is 7.19. The summed E-state index contributed by atoms with van der Waals surface area (Å²) in [6.07, 6.45) is 7.44. The summed E-state index contributed by atoms with van der Waals surface area (Å²) in [7, 11) is 0. The molecule has 2 heteroatoms. The minimum atomic E-state index is 0.220. The number of carbonyl (C=O) groups is 1.